The van der Waals surface area contributed by atoms with E-state index < -0.39 is 0 Å². The summed E-state index contributed by atoms with van der Waals surface area (Å²) < 4.78 is 0. The largest absolute Gasteiger partial charge is 0.392 e. The average Bonchev–Trinajstić information content (AvgIpc) is 2.27. The van der Waals surface area contributed by atoms with Crippen LogP contribution in [0.25, 0.3) is 0 Å². The Labute approximate surface area is 98.8 Å². The number of nitrogens with one attached hydrogen (secondary N) is 1. The van der Waals surface area contributed by atoms with Crippen LogP contribution in [0.2, 0.25) is 0 Å². The quantitative estimate of drug-likeness (QED) is 0.704. The minimum Gasteiger partial charge on any atom is -0.392 e. The van der Waals surface area contributed by atoms with Gasteiger partial charge in [-0.05, 0) is 46.1 Å². The van der Waals surface area contributed by atoms with Crippen molar-refractivity contribution in [1.82, 2.24) is 5.32 Å². The Morgan fingerprint density at radius 1 is 1.38 bits per heavy atom. The second-order valence-electron chi connectivity index (χ2n) is 5.51. The Hall–Kier alpha value is -0.590. The number of rotatable bonds is 5. The summed E-state index contributed by atoms with van der Waals surface area (Å²) in [5.41, 5.74) is -0.215. The third-order valence-corrected chi connectivity index (χ3v) is 3.42. The fourth-order valence-electron chi connectivity index (χ4n) is 2.22. The standard InChI is InChI=1S/C13H24N2O/c1-13(2,10-14)8-5-9-15-11-6-3-4-7-12(11)16/h11-12,15-16H,3-9H2,1-2H3. The van der Waals surface area contributed by atoms with Gasteiger partial charge in [-0.1, -0.05) is 12.8 Å². The van der Waals surface area contributed by atoms with Gasteiger partial charge in [-0.15, -0.1) is 0 Å². The van der Waals surface area contributed by atoms with E-state index in [1.165, 1.54) is 6.42 Å². The summed E-state index contributed by atoms with van der Waals surface area (Å²) in [6, 6.07) is 2.59. The minimum absolute atomic E-state index is 0.169. The fourth-order valence-corrected chi connectivity index (χ4v) is 2.22. The van der Waals surface area contributed by atoms with Crippen LogP contribution in [0, 0.1) is 16.7 Å². The fraction of sp³-hybridized carbons (Fsp3) is 0.923. The lowest BCUT2D eigenvalue weighted by molar-refractivity contribution is 0.0907. The average molecular weight is 224 g/mol. The second-order valence-corrected chi connectivity index (χ2v) is 5.51. The first-order chi connectivity index (χ1) is 7.55. The van der Waals surface area contributed by atoms with Gasteiger partial charge in [0.2, 0.25) is 0 Å². The Balaban J connectivity index is 2.13. The number of hydrogen-bond acceptors (Lipinski definition) is 3. The smallest absolute Gasteiger partial charge is 0.0693 e. The SMILES string of the molecule is CC(C)(C#N)CCCNC1CCCCC1O. The maximum absolute atomic E-state index is 9.76. The minimum atomic E-state index is -0.215. The molecule has 0 aromatic carbocycles. The highest BCUT2D eigenvalue weighted by atomic mass is 16.3. The Morgan fingerprint density at radius 3 is 2.69 bits per heavy atom. The highest BCUT2D eigenvalue weighted by Crippen LogP contribution is 2.21. The van der Waals surface area contributed by atoms with Gasteiger partial charge in [-0.25, -0.2) is 0 Å². The van der Waals surface area contributed by atoms with Crippen LogP contribution in [0.5, 0.6) is 0 Å². The van der Waals surface area contributed by atoms with Crippen molar-refractivity contribution in [3.05, 3.63) is 0 Å². The summed E-state index contributed by atoms with van der Waals surface area (Å²) in [5, 5.41) is 22.0. The maximum atomic E-state index is 9.76. The second kappa shape index (κ2) is 6.22. The number of nitriles is 1. The van der Waals surface area contributed by atoms with E-state index in [4.69, 9.17) is 5.26 Å². The molecule has 0 spiro atoms. The molecular weight excluding hydrogens is 200 g/mol. The molecule has 0 bridgehead atoms. The lowest BCUT2D eigenvalue weighted by Gasteiger charge is -2.28. The molecule has 0 radical (unpaired) electrons. The molecule has 16 heavy (non-hydrogen) atoms. The van der Waals surface area contributed by atoms with Gasteiger partial charge in [0, 0.05) is 6.04 Å². The molecule has 2 unspecified atom stereocenters. The van der Waals surface area contributed by atoms with Crippen LogP contribution in [0.3, 0.4) is 0 Å². The van der Waals surface area contributed by atoms with Crippen molar-refractivity contribution in [1.29, 1.82) is 5.26 Å². The summed E-state index contributed by atoms with van der Waals surface area (Å²) in [5.74, 6) is 0. The molecule has 2 N–H and O–H groups in total. The van der Waals surface area contributed by atoms with Gasteiger partial charge in [0.05, 0.1) is 17.6 Å². The van der Waals surface area contributed by atoms with Crippen LogP contribution < -0.4 is 5.32 Å². The summed E-state index contributed by atoms with van der Waals surface area (Å²) in [4.78, 5) is 0. The first-order valence-electron chi connectivity index (χ1n) is 6.38. The normalized spacial score (nSPS) is 26.4. The van der Waals surface area contributed by atoms with Gasteiger partial charge >= 0.3 is 0 Å². The molecule has 0 aromatic rings. The molecule has 1 rings (SSSR count). The van der Waals surface area contributed by atoms with Crippen molar-refractivity contribution in [3.8, 4) is 6.07 Å². The molecule has 3 nitrogen and oxygen atoms in total. The summed E-state index contributed by atoms with van der Waals surface area (Å²) >= 11 is 0. The van der Waals surface area contributed by atoms with Crippen molar-refractivity contribution in [2.75, 3.05) is 6.54 Å². The van der Waals surface area contributed by atoms with Crippen LogP contribution in [0.4, 0.5) is 0 Å². The lowest BCUT2D eigenvalue weighted by Crippen LogP contribution is -2.42. The van der Waals surface area contributed by atoms with Gasteiger partial charge in [-0.2, -0.15) is 5.26 Å². The van der Waals surface area contributed by atoms with E-state index in [-0.39, 0.29) is 17.6 Å². The Bertz CT molecular complexity index is 245. The molecule has 1 aliphatic rings. The van der Waals surface area contributed by atoms with Crippen molar-refractivity contribution in [3.63, 3.8) is 0 Å². The first-order valence-corrected chi connectivity index (χ1v) is 6.38. The maximum Gasteiger partial charge on any atom is 0.0693 e. The lowest BCUT2D eigenvalue weighted by atomic mass is 9.89. The van der Waals surface area contributed by atoms with E-state index in [1.807, 2.05) is 13.8 Å². The zero-order valence-corrected chi connectivity index (χ0v) is 10.5. The third-order valence-electron chi connectivity index (χ3n) is 3.42. The summed E-state index contributed by atoms with van der Waals surface area (Å²) in [6.45, 7) is 4.86. The van der Waals surface area contributed by atoms with Crippen LogP contribution in [0.1, 0.15) is 52.4 Å². The van der Waals surface area contributed by atoms with E-state index in [0.29, 0.717) is 0 Å². The van der Waals surface area contributed by atoms with E-state index in [1.54, 1.807) is 0 Å². The Kier molecular flexibility index (Phi) is 5.24. The van der Waals surface area contributed by atoms with E-state index in [2.05, 4.69) is 11.4 Å². The van der Waals surface area contributed by atoms with Gasteiger partial charge < -0.3 is 10.4 Å². The van der Waals surface area contributed by atoms with Crippen LogP contribution >= 0.6 is 0 Å². The molecule has 0 heterocycles. The molecular formula is C13H24N2O. The molecule has 0 aliphatic heterocycles. The number of nitrogens with zero attached hydrogens (tertiary/aromatic N) is 1. The summed E-state index contributed by atoms with van der Waals surface area (Å²) in [7, 11) is 0. The van der Waals surface area contributed by atoms with Crippen molar-refractivity contribution in [2.24, 2.45) is 5.41 Å². The predicted octanol–water partition coefficient (Wildman–Crippen LogP) is 2.21. The number of aliphatic hydroxyl groups is 1. The van der Waals surface area contributed by atoms with E-state index in [9.17, 15) is 5.11 Å². The first kappa shape index (κ1) is 13.5. The topological polar surface area (TPSA) is 56.0 Å². The van der Waals surface area contributed by atoms with Gasteiger partial charge in [0.1, 0.15) is 0 Å². The van der Waals surface area contributed by atoms with E-state index >= 15 is 0 Å². The Morgan fingerprint density at radius 2 is 2.06 bits per heavy atom. The van der Waals surface area contributed by atoms with Crippen LogP contribution in [-0.4, -0.2) is 23.8 Å². The van der Waals surface area contributed by atoms with Crippen molar-refractivity contribution in [2.45, 2.75) is 64.5 Å². The highest BCUT2D eigenvalue weighted by molar-refractivity contribution is 4.91. The summed E-state index contributed by atoms with van der Waals surface area (Å²) in [6.07, 6.45) is 6.14. The molecule has 3 heteroatoms. The molecule has 1 aliphatic carbocycles. The zero-order chi connectivity index (χ0) is 12.0. The van der Waals surface area contributed by atoms with Gasteiger partial charge in [0.25, 0.3) is 0 Å². The molecule has 1 fully saturated rings. The molecule has 0 saturated heterocycles. The van der Waals surface area contributed by atoms with Crippen molar-refractivity contribution < 1.29 is 5.11 Å². The molecule has 1 saturated carbocycles. The van der Waals surface area contributed by atoms with Crippen LogP contribution in [-0.2, 0) is 0 Å². The number of hydrogen-bond donors (Lipinski definition) is 2. The number of aliphatic hydroxyl groups excluding tert-OH is 1. The van der Waals surface area contributed by atoms with E-state index in [0.717, 1.165) is 38.6 Å². The predicted molar refractivity (Wildman–Crippen MR) is 64.9 cm³/mol. The van der Waals surface area contributed by atoms with Crippen LogP contribution in [0.15, 0.2) is 0 Å². The zero-order valence-electron chi connectivity index (χ0n) is 10.5. The monoisotopic (exact) mass is 224 g/mol. The molecule has 92 valence electrons. The van der Waals surface area contributed by atoms with Gasteiger partial charge in [0.15, 0.2) is 0 Å². The molecule has 2 atom stereocenters. The van der Waals surface area contributed by atoms with Gasteiger partial charge in [-0.3, -0.25) is 0 Å². The molecule has 0 amide bonds. The van der Waals surface area contributed by atoms with Crippen molar-refractivity contribution >= 4 is 0 Å². The highest BCUT2D eigenvalue weighted by Gasteiger charge is 2.22. The molecule has 0 aromatic heterocycles. The third kappa shape index (κ3) is 4.51.